The third kappa shape index (κ3) is 4.78. The largest absolute Gasteiger partial charge is 0.383 e. The van der Waals surface area contributed by atoms with Crippen LogP contribution >= 0.6 is 0 Å². The molecular formula is C27H30N6O. The molecule has 3 aromatic heterocycles. The molecule has 4 aromatic rings. The molecule has 3 N–H and O–H groups in total. The number of hydrogen-bond donors (Lipinski definition) is 2. The average Bonchev–Trinajstić information content (AvgIpc) is 3.27. The summed E-state index contributed by atoms with van der Waals surface area (Å²) in [5, 5.41) is 3.07. The van der Waals surface area contributed by atoms with Gasteiger partial charge in [-0.05, 0) is 54.3 Å². The quantitative estimate of drug-likeness (QED) is 0.407. The maximum Gasteiger partial charge on any atom is 0.220 e. The zero-order valence-corrected chi connectivity index (χ0v) is 19.3. The van der Waals surface area contributed by atoms with E-state index in [0.717, 1.165) is 40.3 Å². The molecule has 0 atom stereocenters. The number of nitrogens with two attached hydrogens (primary N) is 1. The summed E-state index contributed by atoms with van der Waals surface area (Å²) in [5.41, 5.74) is 10.4. The predicted molar refractivity (Wildman–Crippen MR) is 134 cm³/mol. The minimum atomic E-state index is 0.133. The maximum absolute atomic E-state index is 12.3. The monoisotopic (exact) mass is 454 g/mol. The van der Waals surface area contributed by atoms with Gasteiger partial charge in [-0.15, -0.1) is 0 Å². The van der Waals surface area contributed by atoms with Crippen molar-refractivity contribution < 1.29 is 4.79 Å². The van der Waals surface area contributed by atoms with Gasteiger partial charge in [0.25, 0.3) is 0 Å². The zero-order valence-electron chi connectivity index (χ0n) is 19.3. The van der Waals surface area contributed by atoms with Crippen LogP contribution < -0.4 is 11.1 Å². The molecule has 0 aliphatic heterocycles. The second-order valence-corrected chi connectivity index (χ2v) is 9.04. The Labute approximate surface area is 199 Å². The van der Waals surface area contributed by atoms with E-state index >= 15 is 0 Å². The third-order valence-electron chi connectivity index (χ3n) is 6.68. The highest BCUT2D eigenvalue weighted by Crippen LogP contribution is 2.30. The first kappa shape index (κ1) is 22.1. The van der Waals surface area contributed by atoms with Gasteiger partial charge >= 0.3 is 0 Å². The van der Waals surface area contributed by atoms with E-state index in [1.165, 1.54) is 32.1 Å². The van der Waals surface area contributed by atoms with Gasteiger partial charge < -0.3 is 11.1 Å². The topological polar surface area (TPSA) is 98.7 Å². The van der Waals surface area contributed by atoms with Crippen LogP contribution in [0.1, 0.15) is 50.5 Å². The van der Waals surface area contributed by atoms with Gasteiger partial charge in [-0.3, -0.25) is 9.36 Å². The summed E-state index contributed by atoms with van der Waals surface area (Å²) in [6.45, 7) is 0.523. The van der Waals surface area contributed by atoms with Crippen molar-refractivity contribution in [2.75, 3.05) is 5.73 Å². The number of amides is 1. The molecular weight excluding hydrogens is 424 g/mol. The van der Waals surface area contributed by atoms with E-state index < -0.39 is 0 Å². The van der Waals surface area contributed by atoms with Crippen LogP contribution in [-0.2, 0) is 11.3 Å². The Hall–Kier alpha value is -3.74. The van der Waals surface area contributed by atoms with Crippen molar-refractivity contribution in [3.63, 3.8) is 0 Å². The molecule has 1 aliphatic rings. The van der Waals surface area contributed by atoms with Crippen LogP contribution in [0, 0.1) is 5.92 Å². The van der Waals surface area contributed by atoms with Gasteiger partial charge in [-0.1, -0.05) is 44.2 Å². The molecule has 0 saturated heterocycles. The first-order valence-corrected chi connectivity index (χ1v) is 12.1. The van der Waals surface area contributed by atoms with Gasteiger partial charge in [0.1, 0.15) is 11.3 Å². The molecule has 3 heterocycles. The maximum atomic E-state index is 12.3. The van der Waals surface area contributed by atoms with Crippen LogP contribution in [0.15, 0.2) is 60.9 Å². The lowest BCUT2D eigenvalue weighted by molar-refractivity contribution is -0.121. The number of rotatable bonds is 7. The number of aromatic nitrogens is 4. The number of carbonyl (C=O) groups excluding carboxylic acids is 1. The van der Waals surface area contributed by atoms with Crippen LogP contribution in [-0.4, -0.2) is 25.4 Å². The summed E-state index contributed by atoms with van der Waals surface area (Å²) in [6, 6.07) is 15.7. The van der Waals surface area contributed by atoms with Crippen LogP contribution in [0.25, 0.3) is 28.2 Å². The number of nitrogens with one attached hydrogen (secondary N) is 1. The summed E-state index contributed by atoms with van der Waals surface area (Å²) in [7, 11) is 0. The normalized spacial score (nSPS) is 14.4. The fraction of sp³-hybridized carbons (Fsp3) is 0.333. The Morgan fingerprint density at radius 3 is 2.56 bits per heavy atom. The summed E-state index contributed by atoms with van der Waals surface area (Å²) >= 11 is 0. The molecule has 34 heavy (non-hydrogen) atoms. The second kappa shape index (κ2) is 10.0. The summed E-state index contributed by atoms with van der Waals surface area (Å²) < 4.78 is 2.00. The van der Waals surface area contributed by atoms with Crippen molar-refractivity contribution in [3.8, 4) is 17.1 Å². The molecule has 174 valence electrons. The first-order chi connectivity index (χ1) is 16.7. The fourth-order valence-corrected chi connectivity index (χ4v) is 4.81. The minimum absolute atomic E-state index is 0.133. The van der Waals surface area contributed by atoms with E-state index in [1.807, 2.05) is 53.1 Å². The van der Waals surface area contributed by atoms with Gasteiger partial charge in [0, 0.05) is 31.0 Å². The van der Waals surface area contributed by atoms with Crippen molar-refractivity contribution in [3.05, 3.63) is 66.5 Å². The number of fused-ring (bicyclic) bond motifs is 1. The number of nitrogen functional groups attached to an aromatic ring is 1. The van der Waals surface area contributed by atoms with Gasteiger partial charge in [-0.2, -0.15) is 0 Å². The van der Waals surface area contributed by atoms with E-state index in [-0.39, 0.29) is 5.91 Å². The molecule has 1 amide bonds. The molecule has 7 nitrogen and oxygen atoms in total. The van der Waals surface area contributed by atoms with Crippen LogP contribution in [0.4, 0.5) is 5.82 Å². The molecule has 0 spiro atoms. The molecule has 0 bridgehead atoms. The molecule has 7 heteroatoms. The van der Waals surface area contributed by atoms with Crippen molar-refractivity contribution >= 4 is 22.9 Å². The van der Waals surface area contributed by atoms with Gasteiger partial charge in [0.15, 0.2) is 11.5 Å². The highest BCUT2D eigenvalue weighted by atomic mass is 16.1. The number of nitrogens with zero attached hydrogens (tertiary/aromatic N) is 4. The Morgan fingerprint density at radius 2 is 1.76 bits per heavy atom. The van der Waals surface area contributed by atoms with Crippen LogP contribution in [0.5, 0.6) is 0 Å². The predicted octanol–water partition coefficient (Wildman–Crippen LogP) is 5.04. The highest BCUT2D eigenvalue weighted by Gasteiger charge is 2.18. The fourth-order valence-electron chi connectivity index (χ4n) is 4.81. The van der Waals surface area contributed by atoms with Crippen molar-refractivity contribution in [2.24, 2.45) is 5.92 Å². The molecule has 1 aliphatic carbocycles. The number of anilines is 1. The zero-order chi connectivity index (χ0) is 23.3. The van der Waals surface area contributed by atoms with Gasteiger partial charge in [0.2, 0.25) is 5.91 Å². The first-order valence-electron chi connectivity index (χ1n) is 12.1. The number of imidazole rings is 1. The van der Waals surface area contributed by atoms with E-state index in [9.17, 15) is 4.79 Å². The number of hydrogen-bond acceptors (Lipinski definition) is 5. The second-order valence-electron chi connectivity index (χ2n) is 9.04. The van der Waals surface area contributed by atoms with E-state index in [2.05, 4.69) is 15.3 Å². The van der Waals surface area contributed by atoms with E-state index in [4.69, 9.17) is 10.7 Å². The molecule has 5 rings (SSSR count). The lowest BCUT2D eigenvalue weighted by Gasteiger charge is -2.21. The lowest BCUT2D eigenvalue weighted by Crippen LogP contribution is -2.23. The minimum Gasteiger partial charge on any atom is -0.383 e. The number of pyridine rings is 2. The standard InChI is InChI=1S/C27H30N6O/c28-25-22(8-4-16-29-25)26-32-23-9-5-17-30-27(23)33(26)21-13-10-20(11-14-21)18-31-24(34)15-12-19-6-2-1-3-7-19/h4-5,8-11,13-14,16-17,19H,1-3,6-7,12,15,18H2,(H2,28,29)(H,31,34). The Bertz CT molecular complexity index is 1270. The molecule has 1 fully saturated rings. The molecule has 0 unspecified atom stereocenters. The average molecular weight is 455 g/mol. The molecule has 0 radical (unpaired) electrons. The Kier molecular flexibility index (Phi) is 6.51. The van der Waals surface area contributed by atoms with E-state index in [1.54, 1.807) is 12.4 Å². The summed E-state index contributed by atoms with van der Waals surface area (Å²) in [5.74, 6) is 1.98. The number of carbonyl (C=O) groups is 1. The van der Waals surface area contributed by atoms with Crippen molar-refractivity contribution in [2.45, 2.75) is 51.5 Å². The summed E-state index contributed by atoms with van der Waals surface area (Å²) in [4.78, 5) is 25.9. The number of benzene rings is 1. The third-order valence-corrected chi connectivity index (χ3v) is 6.68. The van der Waals surface area contributed by atoms with Gasteiger partial charge in [-0.25, -0.2) is 15.0 Å². The Morgan fingerprint density at radius 1 is 1.00 bits per heavy atom. The smallest absolute Gasteiger partial charge is 0.220 e. The van der Waals surface area contributed by atoms with Crippen LogP contribution in [0.2, 0.25) is 0 Å². The van der Waals surface area contributed by atoms with Crippen LogP contribution in [0.3, 0.4) is 0 Å². The lowest BCUT2D eigenvalue weighted by atomic mass is 9.86. The molecule has 1 aromatic carbocycles. The highest BCUT2D eigenvalue weighted by molar-refractivity contribution is 5.82. The van der Waals surface area contributed by atoms with Crippen molar-refractivity contribution in [1.29, 1.82) is 0 Å². The molecule has 1 saturated carbocycles. The SMILES string of the molecule is Nc1ncccc1-c1nc2cccnc2n1-c1ccc(CNC(=O)CCC2CCCCC2)cc1. The summed E-state index contributed by atoms with van der Waals surface area (Å²) in [6.07, 6.45) is 11.6. The van der Waals surface area contributed by atoms with Gasteiger partial charge in [0.05, 0.1) is 5.56 Å². The van der Waals surface area contributed by atoms with Crippen molar-refractivity contribution in [1.82, 2.24) is 24.8 Å². The Balaban J connectivity index is 1.31. The van der Waals surface area contributed by atoms with E-state index in [0.29, 0.717) is 24.6 Å².